The fourth-order valence-electron chi connectivity index (χ4n) is 3.02. The summed E-state index contributed by atoms with van der Waals surface area (Å²) in [5.41, 5.74) is 7.75. The second-order valence-electron chi connectivity index (χ2n) is 7.07. The summed E-state index contributed by atoms with van der Waals surface area (Å²) in [7, 11) is 0. The lowest BCUT2D eigenvalue weighted by Gasteiger charge is -2.29. The quantitative estimate of drug-likeness (QED) is 0.542. The van der Waals surface area contributed by atoms with Gasteiger partial charge in [-0.3, -0.25) is 25.2 Å². The van der Waals surface area contributed by atoms with E-state index < -0.39 is 35.7 Å². The molecule has 0 radical (unpaired) electrons. The average molecular weight is 374 g/mol. The van der Waals surface area contributed by atoms with Crippen molar-refractivity contribution < 1.29 is 24.2 Å². The number of amides is 2. The fraction of sp³-hybridized carbons (Fsp3) is 0.450. The Morgan fingerprint density at radius 3 is 2.11 bits per heavy atom. The third-order valence-corrected chi connectivity index (χ3v) is 4.93. The van der Waals surface area contributed by atoms with Crippen molar-refractivity contribution in [1.29, 1.82) is 0 Å². The van der Waals surface area contributed by atoms with Gasteiger partial charge in [0.25, 0.3) is 5.91 Å². The molecule has 0 bridgehead atoms. The Kier molecular flexibility index (Phi) is 6.60. The molecule has 0 fully saturated rings. The summed E-state index contributed by atoms with van der Waals surface area (Å²) in [6.45, 7) is 7.29. The van der Waals surface area contributed by atoms with E-state index in [9.17, 15) is 19.5 Å². The van der Waals surface area contributed by atoms with E-state index in [0.29, 0.717) is 18.6 Å². The molecule has 0 saturated heterocycles. The van der Waals surface area contributed by atoms with Crippen molar-refractivity contribution in [2.24, 2.45) is 11.8 Å². The number of nitrogens with one attached hydrogen (secondary N) is 2. The van der Waals surface area contributed by atoms with Crippen LogP contribution in [0.2, 0.25) is 0 Å². The molecule has 0 heterocycles. The molecular weight excluding hydrogens is 348 g/mol. The van der Waals surface area contributed by atoms with Crippen LogP contribution in [0.1, 0.15) is 39.2 Å². The second kappa shape index (κ2) is 8.70. The van der Waals surface area contributed by atoms with Crippen LogP contribution in [0.25, 0.3) is 0 Å². The van der Waals surface area contributed by atoms with Gasteiger partial charge < -0.3 is 9.84 Å². The molecule has 3 N–H and O–H groups in total. The van der Waals surface area contributed by atoms with Gasteiger partial charge in [-0.2, -0.15) is 0 Å². The average Bonchev–Trinajstić information content (AvgIpc) is 2.62. The Balaban J connectivity index is 1.92. The third-order valence-electron chi connectivity index (χ3n) is 4.93. The Hall–Kier alpha value is -2.83. The highest BCUT2D eigenvalue weighted by Gasteiger charge is 2.37. The first-order valence-corrected chi connectivity index (χ1v) is 8.90. The molecular formula is C20H26N2O5. The van der Waals surface area contributed by atoms with Crippen molar-refractivity contribution in [2.75, 3.05) is 0 Å². The van der Waals surface area contributed by atoms with Crippen molar-refractivity contribution in [1.82, 2.24) is 10.9 Å². The number of carbonyl (C=O) groups excluding carboxylic acids is 2. The van der Waals surface area contributed by atoms with Crippen molar-refractivity contribution in [3.05, 3.63) is 41.0 Å². The Morgan fingerprint density at radius 1 is 1.00 bits per heavy atom. The number of ether oxygens (including phenoxy) is 1. The Morgan fingerprint density at radius 2 is 1.56 bits per heavy atom. The zero-order chi connectivity index (χ0) is 20.1. The van der Waals surface area contributed by atoms with Crippen LogP contribution >= 0.6 is 0 Å². The predicted octanol–water partition coefficient (Wildman–Crippen LogP) is 2.36. The number of carboxylic acid groups (broad SMARTS) is 1. The van der Waals surface area contributed by atoms with E-state index in [-0.39, 0.29) is 0 Å². The zero-order valence-electron chi connectivity index (χ0n) is 16.0. The number of rotatable bonds is 5. The molecule has 2 rings (SSSR count). The SMILES string of the molecule is CC1=C(C)CC(C(=O)NNC(=O)C(C)Oc2ccc(C)cc2)C(C(=O)O)C1. The lowest BCUT2D eigenvalue weighted by molar-refractivity contribution is -0.148. The van der Waals surface area contributed by atoms with E-state index in [1.165, 1.54) is 0 Å². The highest BCUT2D eigenvalue weighted by atomic mass is 16.5. The van der Waals surface area contributed by atoms with Gasteiger partial charge in [0, 0.05) is 0 Å². The van der Waals surface area contributed by atoms with Gasteiger partial charge in [-0.1, -0.05) is 28.8 Å². The molecule has 1 aromatic carbocycles. The van der Waals surface area contributed by atoms with Gasteiger partial charge in [0.15, 0.2) is 6.10 Å². The second-order valence-corrected chi connectivity index (χ2v) is 7.07. The number of aliphatic carboxylic acids is 1. The number of carbonyl (C=O) groups is 3. The van der Waals surface area contributed by atoms with Gasteiger partial charge in [-0.15, -0.1) is 0 Å². The van der Waals surface area contributed by atoms with Gasteiger partial charge in [0.1, 0.15) is 5.75 Å². The predicted molar refractivity (Wildman–Crippen MR) is 99.8 cm³/mol. The first-order chi connectivity index (χ1) is 12.7. The molecule has 1 aromatic rings. The number of benzene rings is 1. The van der Waals surface area contributed by atoms with Crippen molar-refractivity contribution in [2.45, 2.75) is 46.6 Å². The normalized spacial score (nSPS) is 20.6. The van der Waals surface area contributed by atoms with Crippen LogP contribution in [0.4, 0.5) is 0 Å². The highest BCUT2D eigenvalue weighted by Crippen LogP contribution is 2.34. The van der Waals surface area contributed by atoms with E-state index in [2.05, 4.69) is 10.9 Å². The minimum absolute atomic E-state index is 0.333. The van der Waals surface area contributed by atoms with E-state index in [1.807, 2.05) is 32.9 Å². The molecule has 0 spiro atoms. The summed E-state index contributed by atoms with van der Waals surface area (Å²) < 4.78 is 5.53. The van der Waals surface area contributed by atoms with Crippen LogP contribution in [0.15, 0.2) is 35.4 Å². The molecule has 1 aliphatic carbocycles. The molecule has 7 nitrogen and oxygen atoms in total. The molecule has 0 aromatic heterocycles. The topological polar surface area (TPSA) is 105 Å². The summed E-state index contributed by atoms with van der Waals surface area (Å²) >= 11 is 0. The summed E-state index contributed by atoms with van der Waals surface area (Å²) in [5.74, 6) is -3.01. The van der Waals surface area contributed by atoms with Gasteiger partial charge in [0.05, 0.1) is 11.8 Å². The van der Waals surface area contributed by atoms with Crippen molar-refractivity contribution in [3.63, 3.8) is 0 Å². The summed E-state index contributed by atoms with van der Waals surface area (Å²) in [6, 6.07) is 7.26. The molecule has 27 heavy (non-hydrogen) atoms. The number of hydrazine groups is 1. The Bertz CT molecular complexity index is 754. The summed E-state index contributed by atoms with van der Waals surface area (Å²) in [4.78, 5) is 36.1. The Labute approximate surface area is 158 Å². The fourth-order valence-corrected chi connectivity index (χ4v) is 3.02. The first kappa shape index (κ1) is 20.5. The molecule has 146 valence electrons. The van der Waals surface area contributed by atoms with Crippen LogP contribution in [0.5, 0.6) is 5.75 Å². The van der Waals surface area contributed by atoms with Crippen molar-refractivity contribution in [3.8, 4) is 5.75 Å². The minimum atomic E-state index is -1.01. The third kappa shape index (κ3) is 5.32. The molecule has 0 saturated carbocycles. The van der Waals surface area contributed by atoms with Crippen LogP contribution in [-0.4, -0.2) is 29.0 Å². The smallest absolute Gasteiger partial charge is 0.307 e. The summed E-state index contributed by atoms with van der Waals surface area (Å²) in [5, 5.41) is 9.40. The van der Waals surface area contributed by atoms with Gasteiger partial charge >= 0.3 is 5.97 Å². The molecule has 7 heteroatoms. The van der Waals surface area contributed by atoms with E-state index in [4.69, 9.17) is 4.74 Å². The van der Waals surface area contributed by atoms with Crippen LogP contribution in [0.3, 0.4) is 0 Å². The minimum Gasteiger partial charge on any atom is -0.481 e. The molecule has 1 aliphatic rings. The van der Waals surface area contributed by atoms with E-state index >= 15 is 0 Å². The number of hydrogen-bond acceptors (Lipinski definition) is 4. The standard InChI is InChI=1S/C20H26N2O5/c1-11-5-7-15(8-6-11)27-14(4)18(23)21-22-19(24)16-9-12(2)13(3)10-17(16)20(25)26/h5-8,14,16-17H,9-10H2,1-4H3,(H,21,23)(H,22,24)(H,25,26). The van der Waals surface area contributed by atoms with Crippen LogP contribution in [0, 0.1) is 18.8 Å². The van der Waals surface area contributed by atoms with E-state index in [0.717, 1.165) is 16.7 Å². The van der Waals surface area contributed by atoms with Crippen LogP contribution < -0.4 is 15.6 Å². The number of carboxylic acids is 1. The largest absolute Gasteiger partial charge is 0.481 e. The van der Waals surface area contributed by atoms with Crippen LogP contribution in [-0.2, 0) is 14.4 Å². The van der Waals surface area contributed by atoms with E-state index in [1.54, 1.807) is 19.1 Å². The van der Waals surface area contributed by atoms with Gasteiger partial charge in [0.2, 0.25) is 5.91 Å². The summed E-state index contributed by atoms with van der Waals surface area (Å²) in [6.07, 6.45) is -0.126. The number of allylic oxidation sites excluding steroid dienone is 2. The zero-order valence-corrected chi connectivity index (χ0v) is 16.0. The lowest BCUT2D eigenvalue weighted by Crippen LogP contribution is -2.51. The van der Waals surface area contributed by atoms with Gasteiger partial charge in [-0.05, 0) is 52.7 Å². The van der Waals surface area contributed by atoms with Gasteiger partial charge in [-0.25, -0.2) is 0 Å². The molecule has 2 amide bonds. The maximum absolute atomic E-state index is 12.4. The molecule has 3 atom stereocenters. The lowest BCUT2D eigenvalue weighted by atomic mass is 9.76. The number of hydrogen-bond donors (Lipinski definition) is 3. The number of aryl methyl sites for hydroxylation is 1. The molecule has 3 unspecified atom stereocenters. The monoisotopic (exact) mass is 374 g/mol. The maximum atomic E-state index is 12.4. The highest BCUT2D eigenvalue weighted by molar-refractivity contribution is 5.88. The first-order valence-electron chi connectivity index (χ1n) is 8.90. The molecule has 0 aliphatic heterocycles. The van der Waals surface area contributed by atoms with Crippen molar-refractivity contribution >= 4 is 17.8 Å². The maximum Gasteiger partial charge on any atom is 0.307 e.